The third-order valence-electron chi connectivity index (χ3n) is 3.07. The predicted molar refractivity (Wildman–Crippen MR) is 68.1 cm³/mol. The molecular weight excluding hydrogens is 266 g/mol. The quantitative estimate of drug-likeness (QED) is 0.424. The van der Waals surface area contributed by atoms with Gasteiger partial charge in [0.05, 0.1) is 6.61 Å². The highest BCUT2D eigenvalue weighted by Gasteiger charge is 2.54. The highest BCUT2D eigenvalue weighted by Crippen LogP contribution is 2.35. The zero-order valence-corrected chi connectivity index (χ0v) is 10.7. The largest absolute Gasteiger partial charge is 0.394 e. The maximum absolute atomic E-state index is 11.8. The standard InChI is InChI=1S/C11H15N5O4/c1-2-3-11(13)7(18)6(4-17)20-8(11)16-5-14-9(12)15-10(16)19/h5-8,17-18H,4,13H2,1H3,(H2,12,15,19)/t6-,7?,8-,11-/m1/s1. The summed E-state index contributed by atoms with van der Waals surface area (Å²) in [4.78, 5) is 19.0. The van der Waals surface area contributed by atoms with Crippen LogP contribution in [0.15, 0.2) is 11.1 Å². The Labute approximate surface area is 114 Å². The minimum Gasteiger partial charge on any atom is -0.394 e. The number of aromatic nitrogens is 3. The molecule has 108 valence electrons. The Morgan fingerprint density at radius 1 is 1.65 bits per heavy atom. The van der Waals surface area contributed by atoms with E-state index in [1.54, 1.807) is 0 Å². The van der Waals surface area contributed by atoms with Crippen molar-refractivity contribution >= 4 is 5.95 Å². The van der Waals surface area contributed by atoms with Crippen LogP contribution in [0.2, 0.25) is 0 Å². The molecule has 6 N–H and O–H groups in total. The van der Waals surface area contributed by atoms with Crippen LogP contribution in [-0.2, 0) is 4.74 Å². The highest BCUT2D eigenvalue weighted by molar-refractivity contribution is 5.25. The maximum Gasteiger partial charge on any atom is 0.354 e. The topological polar surface area (TPSA) is 150 Å². The van der Waals surface area contributed by atoms with Crippen LogP contribution >= 0.6 is 0 Å². The molecule has 0 radical (unpaired) electrons. The van der Waals surface area contributed by atoms with Crippen molar-refractivity contribution in [2.24, 2.45) is 5.73 Å². The van der Waals surface area contributed by atoms with Gasteiger partial charge in [-0.3, -0.25) is 4.57 Å². The molecule has 2 rings (SSSR count). The number of nitrogens with zero attached hydrogens (tertiary/aromatic N) is 3. The van der Waals surface area contributed by atoms with E-state index in [2.05, 4.69) is 21.8 Å². The lowest BCUT2D eigenvalue weighted by Gasteiger charge is -2.27. The number of rotatable bonds is 2. The fraction of sp³-hybridized carbons (Fsp3) is 0.545. The van der Waals surface area contributed by atoms with Gasteiger partial charge < -0.3 is 26.4 Å². The van der Waals surface area contributed by atoms with Gasteiger partial charge in [0.15, 0.2) is 11.8 Å². The van der Waals surface area contributed by atoms with E-state index in [1.165, 1.54) is 6.92 Å². The second-order valence-electron chi connectivity index (χ2n) is 4.37. The van der Waals surface area contributed by atoms with E-state index >= 15 is 0 Å². The van der Waals surface area contributed by atoms with Crippen molar-refractivity contribution in [3.8, 4) is 11.8 Å². The maximum atomic E-state index is 11.8. The molecule has 0 saturated carbocycles. The Bertz CT molecular complexity index is 621. The summed E-state index contributed by atoms with van der Waals surface area (Å²) in [5.74, 6) is 5.01. The fourth-order valence-electron chi connectivity index (χ4n) is 2.11. The summed E-state index contributed by atoms with van der Waals surface area (Å²) < 4.78 is 6.40. The number of anilines is 1. The van der Waals surface area contributed by atoms with Crippen LogP contribution in [0.5, 0.6) is 0 Å². The van der Waals surface area contributed by atoms with Gasteiger partial charge in [-0.2, -0.15) is 4.98 Å². The summed E-state index contributed by atoms with van der Waals surface area (Å²) in [5.41, 5.74) is 9.07. The first kappa shape index (κ1) is 14.4. The van der Waals surface area contributed by atoms with E-state index in [0.717, 1.165) is 10.9 Å². The van der Waals surface area contributed by atoms with Gasteiger partial charge in [0.25, 0.3) is 0 Å². The van der Waals surface area contributed by atoms with Crippen molar-refractivity contribution in [2.75, 3.05) is 12.3 Å². The van der Waals surface area contributed by atoms with Gasteiger partial charge in [-0.1, -0.05) is 5.92 Å². The van der Waals surface area contributed by atoms with Crippen molar-refractivity contribution in [1.29, 1.82) is 0 Å². The van der Waals surface area contributed by atoms with Crippen LogP contribution in [0, 0.1) is 11.8 Å². The van der Waals surface area contributed by atoms with Crippen LogP contribution < -0.4 is 17.2 Å². The van der Waals surface area contributed by atoms with Gasteiger partial charge >= 0.3 is 5.69 Å². The molecule has 1 saturated heterocycles. The van der Waals surface area contributed by atoms with Gasteiger partial charge in [-0.15, -0.1) is 5.92 Å². The molecule has 9 heteroatoms. The van der Waals surface area contributed by atoms with Crippen molar-refractivity contribution < 1.29 is 14.9 Å². The lowest BCUT2D eigenvalue weighted by molar-refractivity contribution is -0.0480. The van der Waals surface area contributed by atoms with Crippen molar-refractivity contribution in [3.63, 3.8) is 0 Å². The van der Waals surface area contributed by atoms with Crippen LogP contribution in [-0.4, -0.2) is 49.1 Å². The lowest BCUT2D eigenvalue weighted by atomic mass is 9.91. The van der Waals surface area contributed by atoms with Crippen LogP contribution in [0.3, 0.4) is 0 Å². The zero-order valence-electron chi connectivity index (χ0n) is 10.7. The minimum atomic E-state index is -1.56. The first-order valence-electron chi connectivity index (χ1n) is 5.82. The first-order valence-corrected chi connectivity index (χ1v) is 5.82. The summed E-state index contributed by atoms with van der Waals surface area (Å²) in [6.45, 7) is 1.07. The molecule has 9 nitrogen and oxygen atoms in total. The molecule has 1 aliphatic rings. The molecule has 1 fully saturated rings. The minimum absolute atomic E-state index is 0.187. The van der Waals surface area contributed by atoms with Crippen molar-refractivity contribution in [2.45, 2.75) is 30.9 Å². The number of nitrogen functional groups attached to an aromatic ring is 1. The van der Waals surface area contributed by atoms with Crippen LogP contribution in [0.1, 0.15) is 13.2 Å². The van der Waals surface area contributed by atoms with Gasteiger partial charge in [0, 0.05) is 0 Å². The second kappa shape index (κ2) is 5.18. The Kier molecular flexibility index (Phi) is 3.74. The molecule has 0 bridgehead atoms. The Morgan fingerprint density at radius 3 is 2.90 bits per heavy atom. The molecule has 1 aliphatic heterocycles. The van der Waals surface area contributed by atoms with E-state index in [0.29, 0.717) is 0 Å². The molecule has 0 aromatic carbocycles. The number of aliphatic hydroxyl groups excluding tert-OH is 2. The molecule has 1 unspecified atom stereocenters. The molecule has 4 atom stereocenters. The normalized spacial score (nSPS) is 32.7. The zero-order chi connectivity index (χ0) is 14.9. The summed E-state index contributed by atoms with van der Waals surface area (Å²) >= 11 is 0. The number of ether oxygens (including phenoxy) is 1. The SMILES string of the molecule is CC#C[C@@]1(N)C(O)[C@@H](CO)O[C@H]1n1cnc(N)nc1=O. The van der Waals surface area contributed by atoms with Crippen molar-refractivity contribution in [3.05, 3.63) is 16.8 Å². The molecule has 0 aliphatic carbocycles. The summed E-state index contributed by atoms with van der Waals surface area (Å²) in [6.07, 6.45) is -2.25. The Balaban J connectivity index is 2.52. The molecule has 1 aromatic heterocycles. The number of hydrogen-bond donors (Lipinski definition) is 4. The summed E-state index contributed by atoms with van der Waals surface area (Å²) in [5, 5.41) is 19.3. The number of nitrogens with two attached hydrogens (primary N) is 2. The average Bonchev–Trinajstić information content (AvgIpc) is 2.63. The molecule has 0 amide bonds. The van der Waals surface area contributed by atoms with E-state index in [1.807, 2.05) is 0 Å². The molecule has 0 spiro atoms. The van der Waals surface area contributed by atoms with Gasteiger partial charge in [-0.05, 0) is 6.92 Å². The highest BCUT2D eigenvalue weighted by atomic mass is 16.5. The smallest absolute Gasteiger partial charge is 0.354 e. The number of hydrogen-bond acceptors (Lipinski definition) is 8. The van der Waals surface area contributed by atoms with Gasteiger partial charge in [0.2, 0.25) is 5.95 Å². The second-order valence-corrected chi connectivity index (χ2v) is 4.37. The van der Waals surface area contributed by atoms with Crippen molar-refractivity contribution in [1.82, 2.24) is 14.5 Å². The molecular formula is C11H15N5O4. The summed E-state index contributed by atoms with van der Waals surface area (Å²) in [6, 6.07) is 0. The Morgan fingerprint density at radius 2 is 2.35 bits per heavy atom. The molecule has 2 heterocycles. The lowest BCUT2D eigenvalue weighted by Crippen LogP contribution is -2.55. The average molecular weight is 281 g/mol. The number of aliphatic hydroxyl groups is 2. The Hall–Kier alpha value is -1.99. The van der Waals surface area contributed by atoms with E-state index < -0.39 is 36.3 Å². The van der Waals surface area contributed by atoms with Crippen LogP contribution in [0.25, 0.3) is 0 Å². The molecule has 20 heavy (non-hydrogen) atoms. The van der Waals surface area contributed by atoms with Gasteiger partial charge in [0.1, 0.15) is 18.5 Å². The third-order valence-corrected chi connectivity index (χ3v) is 3.07. The fourth-order valence-corrected chi connectivity index (χ4v) is 2.11. The first-order chi connectivity index (χ1) is 9.43. The predicted octanol–water partition coefficient (Wildman–Crippen LogP) is -2.81. The van der Waals surface area contributed by atoms with E-state index in [9.17, 15) is 15.0 Å². The monoisotopic (exact) mass is 281 g/mol. The third kappa shape index (κ3) is 2.14. The summed E-state index contributed by atoms with van der Waals surface area (Å²) in [7, 11) is 0. The van der Waals surface area contributed by atoms with E-state index in [4.69, 9.17) is 16.2 Å². The van der Waals surface area contributed by atoms with Gasteiger partial charge in [-0.25, -0.2) is 9.78 Å². The van der Waals surface area contributed by atoms with Crippen LogP contribution in [0.4, 0.5) is 5.95 Å². The molecule has 1 aromatic rings. The van der Waals surface area contributed by atoms with E-state index in [-0.39, 0.29) is 5.95 Å².